The summed E-state index contributed by atoms with van der Waals surface area (Å²) in [4.78, 5) is 23.7. The van der Waals surface area contributed by atoms with E-state index in [0.717, 1.165) is 16.7 Å². The molecule has 0 unspecified atom stereocenters. The number of rotatable bonds is 5. The molecule has 0 aliphatic heterocycles. The first-order valence-electron chi connectivity index (χ1n) is 8.47. The van der Waals surface area contributed by atoms with E-state index >= 15 is 0 Å². The Balaban J connectivity index is 1.72. The average Bonchev–Trinajstić information content (AvgIpc) is 2.73. The highest BCUT2D eigenvalue weighted by Crippen LogP contribution is 2.30. The predicted octanol–water partition coefficient (Wildman–Crippen LogP) is 4.43. The van der Waals surface area contributed by atoms with E-state index in [2.05, 4.69) is 5.32 Å². The standard InChI is InChI=1S/C22H19NO4/c1-23-21(24)18-13-11-17(12-14-18)19-9-5-6-10-20(19)27-22(25)26-15-16-7-3-2-4-8-16/h2-14H,15H2,1H3,(H,23,24). The highest BCUT2D eigenvalue weighted by Gasteiger charge is 2.12. The van der Waals surface area contributed by atoms with Crippen molar-refractivity contribution >= 4 is 12.1 Å². The van der Waals surface area contributed by atoms with Crippen LogP contribution < -0.4 is 10.1 Å². The zero-order valence-corrected chi connectivity index (χ0v) is 14.8. The molecule has 1 N–H and O–H groups in total. The Hall–Kier alpha value is -3.60. The quantitative estimate of drug-likeness (QED) is 0.539. The van der Waals surface area contributed by atoms with Crippen LogP contribution in [-0.2, 0) is 11.3 Å². The summed E-state index contributed by atoms with van der Waals surface area (Å²) < 4.78 is 10.6. The third-order valence-corrected chi connectivity index (χ3v) is 3.97. The molecule has 0 atom stereocenters. The number of ether oxygens (including phenoxy) is 2. The minimum atomic E-state index is -0.770. The second-order valence-electron chi connectivity index (χ2n) is 5.78. The lowest BCUT2D eigenvalue weighted by molar-refractivity contribution is 0.0927. The molecule has 0 aromatic heterocycles. The Kier molecular flexibility index (Phi) is 5.84. The molecule has 0 spiro atoms. The van der Waals surface area contributed by atoms with Crippen LogP contribution in [-0.4, -0.2) is 19.1 Å². The lowest BCUT2D eigenvalue weighted by atomic mass is 10.0. The van der Waals surface area contributed by atoms with E-state index < -0.39 is 6.16 Å². The Morgan fingerprint density at radius 3 is 2.22 bits per heavy atom. The van der Waals surface area contributed by atoms with Crippen molar-refractivity contribution in [3.63, 3.8) is 0 Å². The third kappa shape index (κ3) is 4.73. The van der Waals surface area contributed by atoms with Crippen molar-refractivity contribution in [1.82, 2.24) is 5.32 Å². The zero-order chi connectivity index (χ0) is 19.1. The molecule has 136 valence electrons. The highest BCUT2D eigenvalue weighted by molar-refractivity contribution is 5.94. The van der Waals surface area contributed by atoms with Crippen LogP contribution in [0.3, 0.4) is 0 Å². The van der Waals surface area contributed by atoms with Gasteiger partial charge in [0.2, 0.25) is 0 Å². The summed E-state index contributed by atoms with van der Waals surface area (Å²) in [5.41, 5.74) is 3.00. The third-order valence-electron chi connectivity index (χ3n) is 3.97. The Labute approximate surface area is 157 Å². The largest absolute Gasteiger partial charge is 0.514 e. The first-order valence-corrected chi connectivity index (χ1v) is 8.47. The van der Waals surface area contributed by atoms with Crippen molar-refractivity contribution in [2.75, 3.05) is 7.05 Å². The fourth-order valence-corrected chi connectivity index (χ4v) is 2.58. The van der Waals surface area contributed by atoms with E-state index in [0.29, 0.717) is 11.3 Å². The number of nitrogens with one attached hydrogen (secondary N) is 1. The molecule has 1 amide bonds. The molecule has 0 saturated heterocycles. The number of hydrogen-bond acceptors (Lipinski definition) is 4. The van der Waals surface area contributed by atoms with Gasteiger partial charge in [0.1, 0.15) is 12.4 Å². The summed E-state index contributed by atoms with van der Waals surface area (Å²) in [6.07, 6.45) is -0.770. The number of benzene rings is 3. The maximum atomic E-state index is 12.1. The van der Waals surface area contributed by atoms with E-state index in [-0.39, 0.29) is 12.5 Å². The van der Waals surface area contributed by atoms with Crippen LogP contribution in [0.2, 0.25) is 0 Å². The summed E-state index contributed by atoms with van der Waals surface area (Å²) in [5.74, 6) is 0.235. The number of hydrogen-bond donors (Lipinski definition) is 1. The Morgan fingerprint density at radius 2 is 1.52 bits per heavy atom. The van der Waals surface area contributed by atoms with Gasteiger partial charge < -0.3 is 14.8 Å². The van der Waals surface area contributed by atoms with Crippen molar-refractivity contribution in [1.29, 1.82) is 0 Å². The topological polar surface area (TPSA) is 64.6 Å². The highest BCUT2D eigenvalue weighted by atomic mass is 16.7. The van der Waals surface area contributed by atoms with Crippen LogP contribution in [0, 0.1) is 0 Å². The van der Waals surface area contributed by atoms with Crippen LogP contribution in [0.15, 0.2) is 78.9 Å². The maximum absolute atomic E-state index is 12.1. The maximum Gasteiger partial charge on any atom is 0.514 e. The van der Waals surface area contributed by atoms with Gasteiger partial charge in [-0.2, -0.15) is 0 Å². The van der Waals surface area contributed by atoms with Gasteiger partial charge >= 0.3 is 6.16 Å². The fourth-order valence-electron chi connectivity index (χ4n) is 2.58. The summed E-state index contributed by atoms with van der Waals surface area (Å²) in [5, 5.41) is 2.58. The second kappa shape index (κ2) is 8.67. The molecule has 0 aliphatic rings. The molecule has 0 fully saturated rings. The van der Waals surface area contributed by atoms with Gasteiger partial charge in [0.15, 0.2) is 0 Å². The van der Waals surface area contributed by atoms with Gasteiger partial charge in [-0.25, -0.2) is 4.79 Å². The lowest BCUT2D eigenvalue weighted by Gasteiger charge is -2.11. The van der Waals surface area contributed by atoms with Crippen molar-refractivity contribution in [2.24, 2.45) is 0 Å². The predicted molar refractivity (Wildman–Crippen MR) is 103 cm³/mol. The van der Waals surface area contributed by atoms with Gasteiger partial charge in [-0.1, -0.05) is 60.7 Å². The smallest absolute Gasteiger partial charge is 0.429 e. The minimum Gasteiger partial charge on any atom is -0.429 e. The molecule has 0 bridgehead atoms. The van der Waals surface area contributed by atoms with Crippen molar-refractivity contribution in [3.8, 4) is 16.9 Å². The molecule has 3 rings (SSSR count). The number of carbonyl (C=O) groups excluding carboxylic acids is 2. The summed E-state index contributed by atoms with van der Waals surface area (Å²) in [6, 6.07) is 23.6. The van der Waals surface area contributed by atoms with Gasteiger partial charge in [0, 0.05) is 18.2 Å². The van der Waals surface area contributed by atoms with Gasteiger partial charge in [0.05, 0.1) is 0 Å². The van der Waals surface area contributed by atoms with Crippen molar-refractivity contribution in [3.05, 3.63) is 90.0 Å². The van der Waals surface area contributed by atoms with E-state index in [1.807, 2.05) is 54.6 Å². The van der Waals surface area contributed by atoms with E-state index in [1.165, 1.54) is 0 Å². The fraction of sp³-hybridized carbons (Fsp3) is 0.0909. The zero-order valence-electron chi connectivity index (χ0n) is 14.8. The minimum absolute atomic E-state index is 0.142. The van der Waals surface area contributed by atoms with Crippen LogP contribution in [0.5, 0.6) is 5.75 Å². The molecular weight excluding hydrogens is 342 g/mol. The number of para-hydroxylation sites is 1. The van der Waals surface area contributed by atoms with Crippen LogP contribution in [0.25, 0.3) is 11.1 Å². The molecule has 3 aromatic rings. The van der Waals surface area contributed by atoms with Crippen LogP contribution in [0.1, 0.15) is 15.9 Å². The number of amides is 1. The lowest BCUT2D eigenvalue weighted by Crippen LogP contribution is -2.17. The van der Waals surface area contributed by atoms with Crippen molar-refractivity contribution in [2.45, 2.75) is 6.61 Å². The molecule has 0 saturated carbocycles. The molecule has 5 nitrogen and oxygen atoms in total. The Morgan fingerprint density at radius 1 is 0.852 bits per heavy atom. The summed E-state index contributed by atoms with van der Waals surface area (Å²) >= 11 is 0. The molecule has 27 heavy (non-hydrogen) atoms. The van der Waals surface area contributed by atoms with Crippen LogP contribution in [0.4, 0.5) is 4.79 Å². The van der Waals surface area contributed by atoms with Crippen molar-refractivity contribution < 1.29 is 19.1 Å². The van der Waals surface area contributed by atoms with Gasteiger partial charge in [0.25, 0.3) is 5.91 Å². The molecule has 5 heteroatoms. The normalized spacial score (nSPS) is 10.1. The van der Waals surface area contributed by atoms with E-state index in [1.54, 1.807) is 31.3 Å². The monoisotopic (exact) mass is 361 g/mol. The van der Waals surface area contributed by atoms with E-state index in [9.17, 15) is 9.59 Å². The average molecular weight is 361 g/mol. The first-order chi connectivity index (χ1) is 13.2. The molecule has 0 radical (unpaired) electrons. The summed E-state index contributed by atoms with van der Waals surface area (Å²) in [6.45, 7) is 0.142. The van der Waals surface area contributed by atoms with E-state index in [4.69, 9.17) is 9.47 Å². The van der Waals surface area contributed by atoms with Gasteiger partial charge in [-0.15, -0.1) is 0 Å². The molecular formula is C22H19NO4. The Bertz CT molecular complexity index is 921. The number of carbonyl (C=O) groups is 2. The first kappa shape index (κ1) is 18.2. The van der Waals surface area contributed by atoms with Crippen LogP contribution >= 0.6 is 0 Å². The second-order valence-corrected chi connectivity index (χ2v) is 5.78. The summed E-state index contributed by atoms with van der Waals surface area (Å²) in [7, 11) is 1.58. The SMILES string of the molecule is CNC(=O)c1ccc(-c2ccccc2OC(=O)OCc2ccccc2)cc1. The van der Waals surface area contributed by atoms with Gasteiger partial charge in [-0.3, -0.25) is 4.79 Å². The van der Waals surface area contributed by atoms with Gasteiger partial charge in [-0.05, 0) is 29.3 Å². The molecule has 0 heterocycles. The molecule has 0 aliphatic carbocycles. The molecule has 3 aromatic carbocycles.